The van der Waals surface area contributed by atoms with Gasteiger partial charge in [-0.25, -0.2) is 9.48 Å². The van der Waals surface area contributed by atoms with Gasteiger partial charge in [-0.15, -0.1) is 0 Å². The number of aromatic carboxylic acids is 1. The van der Waals surface area contributed by atoms with Gasteiger partial charge in [-0.3, -0.25) is 4.79 Å². The molecular weight excluding hydrogens is 375 g/mol. The topological polar surface area (TPSA) is 75.4 Å². The summed E-state index contributed by atoms with van der Waals surface area (Å²) in [6, 6.07) is 5.55. The number of carbonyl (C=O) groups is 2. The molecule has 1 aliphatic heterocycles. The molecule has 6 nitrogen and oxygen atoms in total. The van der Waals surface area contributed by atoms with Crippen molar-refractivity contribution in [3.8, 4) is 5.69 Å². The van der Waals surface area contributed by atoms with Crippen LogP contribution in [-0.2, 0) is 6.18 Å². The lowest BCUT2D eigenvalue weighted by atomic mass is 10.0. The number of alkyl halides is 3. The van der Waals surface area contributed by atoms with Gasteiger partial charge in [0.1, 0.15) is 5.56 Å². The first-order valence-electron chi connectivity index (χ1n) is 8.96. The summed E-state index contributed by atoms with van der Waals surface area (Å²) in [5, 5.41) is 12.6. The van der Waals surface area contributed by atoms with Gasteiger partial charge in [0.05, 0.1) is 11.9 Å². The van der Waals surface area contributed by atoms with Crippen LogP contribution in [0, 0.1) is 5.92 Å². The summed E-state index contributed by atoms with van der Waals surface area (Å²) in [5.74, 6) is -1.31. The Hall–Kier alpha value is -2.84. The zero-order valence-electron chi connectivity index (χ0n) is 15.2. The van der Waals surface area contributed by atoms with E-state index >= 15 is 0 Å². The zero-order chi connectivity index (χ0) is 20.5. The smallest absolute Gasteiger partial charge is 0.434 e. The first-order chi connectivity index (χ1) is 13.2. The molecule has 1 aromatic heterocycles. The van der Waals surface area contributed by atoms with E-state index in [1.165, 1.54) is 24.3 Å². The Morgan fingerprint density at radius 1 is 1.14 bits per heavy atom. The fourth-order valence-corrected chi connectivity index (χ4v) is 3.37. The molecule has 1 unspecified atom stereocenters. The second-order valence-electron chi connectivity index (χ2n) is 7.00. The molecule has 1 amide bonds. The van der Waals surface area contributed by atoms with Crippen LogP contribution in [0.25, 0.3) is 5.69 Å². The van der Waals surface area contributed by atoms with Crippen LogP contribution in [0.1, 0.15) is 52.6 Å². The Morgan fingerprint density at radius 2 is 1.82 bits per heavy atom. The predicted molar refractivity (Wildman–Crippen MR) is 94.4 cm³/mol. The Bertz CT molecular complexity index is 875. The first-order valence-corrected chi connectivity index (χ1v) is 8.96. The lowest BCUT2D eigenvalue weighted by Crippen LogP contribution is -2.32. The second-order valence-corrected chi connectivity index (χ2v) is 7.00. The SMILES string of the molecule is CC1CCCN(C(=O)c2ccc(-n3ncc(C(=O)O)c3C(F)(F)F)cc2)CC1. The van der Waals surface area contributed by atoms with Crippen LogP contribution in [0.4, 0.5) is 13.2 Å². The first kappa shape index (κ1) is 19.9. The molecule has 1 fully saturated rings. The molecule has 1 atom stereocenters. The van der Waals surface area contributed by atoms with E-state index in [0.29, 0.717) is 35.4 Å². The molecule has 0 spiro atoms. The number of rotatable bonds is 3. The quantitative estimate of drug-likeness (QED) is 0.857. The lowest BCUT2D eigenvalue weighted by Gasteiger charge is -2.20. The predicted octanol–water partition coefficient (Wildman–Crippen LogP) is 3.85. The summed E-state index contributed by atoms with van der Waals surface area (Å²) >= 11 is 0. The van der Waals surface area contributed by atoms with E-state index in [-0.39, 0.29) is 11.6 Å². The van der Waals surface area contributed by atoms with Crippen molar-refractivity contribution in [2.24, 2.45) is 5.92 Å². The zero-order valence-corrected chi connectivity index (χ0v) is 15.2. The summed E-state index contributed by atoms with van der Waals surface area (Å²) in [6.07, 6.45) is -1.31. The largest absolute Gasteiger partial charge is 0.478 e. The van der Waals surface area contributed by atoms with Crippen LogP contribution in [0.2, 0.25) is 0 Å². The Morgan fingerprint density at radius 3 is 2.43 bits per heavy atom. The molecule has 150 valence electrons. The van der Waals surface area contributed by atoms with Crippen LogP contribution in [0.3, 0.4) is 0 Å². The maximum Gasteiger partial charge on any atom is 0.434 e. The number of aromatic nitrogens is 2. The summed E-state index contributed by atoms with van der Waals surface area (Å²) in [5.41, 5.74) is -1.88. The molecule has 9 heteroatoms. The molecule has 0 aliphatic carbocycles. The standard InChI is InChI=1S/C19H20F3N3O3/c1-12-3-2-9-24(10-8-12)17(26)13-4-6-14(7-5-13)25-16(19(20,21)22)15(11-23-25)18(27)28/h4-7,11-12H,2-3,8-10H2,1H3,(H,27,28). The van der Waals surface area contributed by atoms with Gasteiger partial charge in [0, 0.05) is 18.7 Å². The summed E-state index contributed by atoms with van der Waals surface area (Å²) < 4.78 is 40.5. The van der Waals surface area contributed by atoms with E-state index in [9.17, 15) is 22.8 Å². The molecule has 1 aliphatic rings. The number of benzene rings is 1. The minimum absolute atomic E-state index is 0.0286. The number of carbonyl (C=O) groups excluding carboxylic acids is 1. The minimum atomic E-state index is -4.89. The third kappa shape index (κ3) is 4.02. The van der Waals surface area contributed by atoms with E-state index in [4.69, 9.17) is 5.11 Å². The summed E-state index contributed by atoms with van der Waals surface area (Å²) in [4.78, 5) is 25.5. The number of nitrogens with zero attached hydrogens (tertiary/aromatic N) is 3. The van der Waals surface area contributed by atoms with Crippen molar-refractivity contribution in [1.82, 2.24) is 14.7 Å². The van der Waals surface area contributed by atoms with Crippen molar-refractivity contribution in [3.63, 3.8) is 0 Å². The van der Waals surface area contributed by atoms with Crippen LogP contribution >= 0.6 is 0 Å². The van der Waals surface area contributed by atoms with Crippen LogP contribution in [-0.4, -0.2) is 44.8 Å². The molecular formula is C19H20F3N3O3. The fraction of sp³-hybridized carbons (Fsp3) is 0.421. The van der Waals surface area contributed by atoms with Crippen molar-refractivity contribution < 1.29 is 27.9 Å². The van der Waals surface area contributed by atoms with E-state index in [0.717, 1.165) is 19.3 Å². The van der Waals surface area contributed by atoms with Crippen molar-refractivity contribution in [1.29, 1.82) is 0 Å². The third-order valence-electron chi connectivity index (χ3n) is 4.93. The summed E-state index contributed by atoms with van der Waals surface area (Å²) in [6.45, 7) is 3.46. The van der Waals surface area contributed by atoms with Crippen LogP contribution in [0.5, 0.6) is 0 Å². The fourth-order valence-electron chi connectivity index (χ4n) is 3.37. The maximum absolute atomic E-state index is 13.3. The molecule has 0 bridgehead atoms. The molecule has 2 aromatic rings. The highest BCUT2D eigenvalue weighted by Gasteiger charge is 2.40. The Labute approximate surface area is 159 Å². The van der Waals surface area contributed by atoms with Crippen molar-refractivity contribution in [2.45, 2.75) is 32.4 Å². The Kier molecular flexibility index (Phi) is 5.44. The van der Waals surface area contributed by atoms with E-state index in [2.05, 4.69) is 12.0 Å². The highest BCUT2D eigenvalue weighted by Crippen LogP contribution is 2.33. The third-order valence-corrected chi connectivity index (χ3v) is 4.93. The van der Waals surface area contributed by atoms with Crippen LogP contribution < -0.4 is 0 Å². The number of carboxylic acids is 1. The molecule has 0 radical (unpaired) electrons. The lowest BCUT2D eigenvalue weighted by molar-refractivity contribution is -0.143. The molecule has 0 saturated carbocycles. The average molecular weight is 395 g/mol. The number of likely N-dealkylation sites (tertiary alicyclic amines) is 1. The number of amides is 1. The normalized spacial score (nSPS) is 18.0. The monoisotopic (exact) mass is 395 g/mol. The van der Waals surface area contributed by atoms with Crippen molar-refractivity contribution in [3.05, 3.63) is 47.3 Å². The second kappa shape index (κ2) is 7.65. The molecule has 1 aromatic carbocycles. The van der Waals surface area contributed by atoms with Gasteiger partial charge in [-0.2, -0.15) is 18.3 Å². The molecule has 3 rings (SSSR count). The van der Waals surface area contributed by atoms with E-state index in [1.54, 1.807) is 4.90 Å². The highest BCUT2D eigenvalue weighted by molar-refractivity contribution is 5.94. The Balaban J connectivity index is 1.87. The van der Waals surface area contributed by atoms with Gasteiger partial charge in [0.25, 0.3) is 5.91 Å². The number of halogens is 3. The van der Waals surface area contributed by atoms with E-state index in [1.807, 2.05) is 0 Å². The van der Waals surface area contributed by atoms with Crippen molar-refractivity contribution in [2.75, 3.05) is 13.1 Å². The number of hydrogen-bond acceptors (Lipinski definition) is 3. The average Bonchev–Trinajstić information content (AvgIpc) is 2.99. The molecule has 2 heterocycles. The molecule has 1 N–H and O–H groups in total. The minimum Gasteiger partial charge on any atom is -0.478 e. The number of carboxylic acid groups (broad SMARTS) is 1. The highest BCUT2D eigenvalue weighted by atomic mass is 19.4. The molecule has 1 saturated heterocycles. The molecule has 28 heavy (non-hydrogen) atoms. The van der Waals surface area contributed by atoms with E-state index < -0.39 is 23.4 Å². The van der Waals surface area contributed by atoms with Gasteiger partial charge in [0.15, 0.2) is 5.69 Å². The van der Waals surface area contributed by atoms with Gasteiger partial charge in [-0.1, -0.05) is 6.92 Å². The van der Waals surface area contributed by atoms with Crippen LogP contribution in [0.15, 0.2) is 30.5 Å². The van der Waals surface area contributed by atoms with Gasteiger partial charge in [0.2, 0.25) is 0 Å². The van der Waals surface area contributed by atoms with Gasteiger partial charge >= 0.3 is 12.1 Å². The summed E-state index contributed by atoms with van der Waals surface area (Å²) in [7, 11) is 0. The van der Waals surface area contributed by atoms with Gasteiger partial charge < -0.3 is 10.0 Å². The van der Waals surface area contributed by atoms with Gasteiger partial charge in [-0.05, 0) is 49.4 Å². The maximum atomic E-state index is 13.3. The van der Waals surface area contributed by atoms with Crippen molar-refractivity contribution >= 4 is 11.9 Å². The number of hydrogen-bond donors (Lipinski definition) is 1.